The van der Waals surface area contributed by atoms with Gasteiger partial charge in [-0.1, -0.05) is 17.3 Å². The zero-order valence-electron chi connectivity index (χ0n) is 10.6. The molecule has 0 bridgehead atoms. The second kappa shape index (κ2) is 4.37. The van der Waals surface area contributed by atoms with Gasteiger partial charge in [-0.3, -0.25) is 0 Å². The molecule has 1 aliphatic heterocycles. The predicted octanol–water partition coefficient (Wildman–Crippen LogP) is 2.77. The molecule has 1 unspecified atom stereocenters. The number of fused-ring (bicyclic) bond motifs is 1. The van der Waals surface area contributed by atoms with Gasteiger partial charge in [0.2, 0.25) is 0 Å². The molecule has 1 aromatic heterocycles. The maximum absolute atomic E-state index is 5.82. The summed E-state index contributed by atoms with van der Waals surface area (Å²) in [6.45, 7) is 5.61. The van der Waals surface area contributed by atoms with Crippen molar-refractivity contribution in [3.63, 3.8) is 0 Å². The summed E-state index contributed by atoms with van der Waals surface area (Å²) in [6.07, 6.45) is 0.188. The van der Waals surface area contributed by atoms with Crippen LogP contribution in [0.5, 0.6) is 5.75 Å². The first-order chi connectivity index (χ1) is 8.72. The zero-order chi connectivity index (χ0) is 12.5. The SMILES string of the molecule is Cc1cc(CN2CC(C)Oc3ccccc32)no1. The van der Waals surface area contributed by atoms with Crippen molar-refractivity contribution in [1.29, 1.82) is 0 Å². The number of nitrogens with zero attached hydrogens (tertiary/aromatic N) is 2. The number of hydrogen-bond donors (Lipinski definition) is 0. The lowest BCUT2D eigenvalue weighted by Gasteiger charge is -2.34. The maximum atomic E-state index is 5.82. The predicted molar refractivity (Wildman–Crippen MR) is 68.8 cm³/mol. The molecule has 0 saturated heterocycles. The van der Waals surface area contributed by atoms with Crippen molar-refractivity contribution in [2.45, 2.75) is 26.5 Å². The number of rotatable bonds is 2. The lowest BCUT2D eigenvalue weighted by atomic mass is 10.2. The molecular weight excluding hydrogens is 228 g/mol. The molecule has 94 valence electrons. The molecule has 18 heavy (non-hydrogen) atoms. The molecule has 3 rings (SSSR count). The Balaban J connectivity index is 1.88. The molecule has 1 aromatic carbocycles. The highest BCUT2D eigenvalue weighted by Crippen LogP contribution is 2.33. The smallest absolute Gasteiger partial charge is 0.143 e. The molecule has 0 spiro atoms. The molecule has 0 N–H and O–H groups in total. The molecule has 4 nitrogen and oxygen atoms in total. The number of benzene rings is 1. The Hall–Kier alpha value is -1.97. The van der Waals surface area contributed by atoms with Crippen LogP contribution >= 0.6 is 0 Å². The molecular formula is C14H16N2O2. The highest BCUT2D eigenvalue weighted by atomic mass is 16.5. The topological polar surface area (TPSA) is 38.5 Å². The summed E-state index contributed by atoms with van der Waals surface area (Å²) in [5.41, 5.74) is 2.08. The third-order valence-electron chi connectivity index (χ3n) is 3.04. The third kappa shape index (κ3) is 2.06. The van der Waals surface area contributed by atoms with Crippen LogP contribution in [0.1, 0.15) is 18.4 Å². The molecule has 4 heteroatoms. The molecule has 2 aromatic rings. The number of aromatic nitrogens is 1. The minimum Gasteiger partial charge on any atom is -0.487 e. The quantitative estimate of drug-likeness (QED) is 0.814. The van der Waals surface area contributed by atoms with Gasteiger partial charge >= 0.3 is 0 Å². The fourth-order valence-electron chi connectivity index (χ4n) is 2.32. The maximum Gasteiger partial charge on any atom is 0.143 e. The average Bonchev–Trinajstić information content (AvgIpc) is 2.74. The van der Waals surface area contributed by atoms with Gasteiger partial charge < -0.3 is 14.2 Å². The van der Waals surface area contributed by atoms with Gasteiger partial charge in [-0.2, -0.15) is 0 Å². The lowest BCUT2D eigenvalue weighted by Crippen LogP contribution is -2.37. The van der Waals surface area contributed by atoms with Crippen molar-refractivity contribution < 1.29 is 9.26 Å². The molecule has 1 atom stereocenters. The number of hydrogen-bond acceptors (Lipinski definition) is 4. The molecule has 0 aliphatic carbocycles. The van der Waals surface area contributed by atoms with E-state index in [0.717, 1.165) is 36.0 Å². The highest BCUT2D eigenvalue weighted by Gasteiger charge is 2.23. The van der Waals surface area contributed by atoms with Gasteiger partial charge in [-0.15, -0.1) is 0 Å². The summed E-state index contributed by atoms with van der Waals surface area (Å²) in [5, 5.41) is 4.05. The van der Waals surface area contributed by atoms with Crippen LogP contribution in [-0.4, -0.2) is 17.8 Å². The molecule has 0 fully saturated rings. The monoisotopic (exact) mass is 244 g/mol. The first-order valence-corrected chi connectivity index (χ1v) is 6.15. The van der Waals surface area contributed by atoms with E-state index >= 15 is 0 Å². The van der Waals surface area contributed by atoms with E-state index in [1.807, 2.05) is 31.2 Å². The zero-order valence-corrected chi connectivity index (χ0v) is 10.6. The standard InChI is InChI=1S/C14H16N2O2/c1-10-7-12(15-18-10)9-16-8-11(2)17-14-6-4-3-5-13(14)16/h3-7,11H,8-9H2,1-2H3. The molecule has 1 aliphatic rings. The Kier molecular flexibility index (Phi) is 2.70. The van der Waals surface area contributed by atoms with Crippen molar-refractivity contribution in [2.24, 2.45) is 0 Å². The third-order valence-corrected chi connectivity index (χ3v) is 3.04. The Morgan fingerprint density at radius 2 is 2.22 bits per heavy atom. The van der Waals surface area contributed by atoms with Gasteiger partial charge in [0.1, 0.15) is 23.3 Å². The van der Waals surface area contributed by atoms with Crippen LogP contribution in [0.25, 0.3) is 0 Å². The summed E-state index contributed by atoms with van der Waals surface area (Å²) in [7, 11) is 0. The van der Waals surface area contributed by atoms with Gasteiger partial charge in [0.25, 0.3) is 0 Å². The first kappa shape index (κ1) is 11.1. The molecule has 0 amide bonds. The van der Waals surface area contributed by atoms with Crippen molar-refractivity contribution in [3.8, 4) is 5.75 Å². The number of para-hydroxylation sites is 2. The highest BCUT2D eigenvalue weighted by molar-refractivity contribution is 5.60. The molecule has 0 radical (unpaired) electrons. The van der Waals surface area contributed by atoms with Gasteiger partial charge in [0.15, 0.2) is 0 Å². The van der Waals surface area contributed by atoms with Gasteiger partial charge in [0, 0.05) is 6.07 Å². The number of aryl methyl sites for hydroxylation is 1. The van der Waals surface area contributed by atoms with Crippen molar-refractivity contribution in [3.05, 3.63) is 41.8 Å². The summed E-state index contributed by atoms with van der Waals surface area (Å²) in [6, 6.07) is 10.1. The van der Waals surface area contributed by atoms with Crippen LogP contribution in [0.4, 0.5) is 5.69 Å². The van der Waals surface area contributed by atoms with Crippen LogP contribution < -0.4 is 9.64 Å². The normalized spacial score (nSPS) is 18.3. The van der Waals surface area contributed by atoms with Gasteiger partial charge in [-0.05, 0) is 26.0 Å². The van der Waals surface area contributed by atoms with E-state index in [1.165, 1.54) is 0 Å². The summed E-state index contributed by atoms with van der Waals surface area (Å²) in [4.78, 5) is 2.28. The number of ether oxygens (including phenoxy) is 1. The summed E-state index contributed by atoms with van der Waals surface area (Å²) < 4.78 is 10.9. The fraction of sp³-hybridized carbons (Fsp3) is 0.357. The Morgan fingerprint density at radius 3 is 3.00 bits per heavy atom. The van der Waals surface area contributed by atoms with Gasteiger partial charge in [0.05, 0.1) is 18.8 Å². The second-order valence-electron chi connectivity index (χ2n) is 4.71. The van der Waals surface area contributed by atoms with E-state index < -0.39 is 0 Å². The van der Waals surface area contributed by atoms with E-state index in [-0.39, 0.29) is 6.10 Å². The van der Waals surface area contributed by atoms with Crippen LogP contribution in [0, 0.1) is 6.92 Å². The Morgan fingerprint density at radius 1 is 1.39 bits per heavy atom. The van der Waals surface area contributed by atoms with E-state index in [9.17, 15) is 0 Å². The van der Waals surface area contributed by atoms with Gasteiger partial charge in [-0.25, -0.2) is 0 Å². The van der Waals surface area contributed by atoms with Crippen molar-refractivity contribution in [1.82, 2.24) is 5.16 Å². The van der Waals surface area contributed by atoms with E-state index in [0.29, 0.717) is 0 Å². The van der Waals surface area contributed by atoms with Crippen LogP contribution in [-0.2, 0) is 6.54 Å². The first-order valence-electron chi connectivity index (χ1n) is 6.15. The van der Waals surface area contributed by atoms with E-state index in [1.54, 1.807) is 0 Å². The number of anilines is 1. The van der Waals surface area contributed by atoms with Crippen molar-refractivity contribution in [2.75, 3.05) is 11.4 Å². The van der Waals surface area contributed by atoms with Crippen molar-refractivity contribution >= 4 is 5.69 Å². The average molecular weight is 244 g/mol. The van der Waals surface area contributed by atoms with Crippen LogP contribution in [0.2, 0.25) is 0 Å². The van der Waals surface area contributed by atoms with E-state index in [4.69, 9.17) is 9.26 Å². The molecule has 0 saturated carbocycles. The summed E-state index contributed by atoms with van der Waals surface area (Å²) in [5.74, 6) is 1.79. The largest absolute Gasteiger partial charge is 0.487 e. The Labute approximate surface area is 106 Å². The minimum atomic E-state index is 0.188. The second-order valence-corrected chi connectivity index (χ2v) is 4.71. The molecule has 2 heterocycles. The van der Waals surface area contributed by atoms with Crippen LogP contribution in [0.15, 0.2) is 34.9 Å². The minimum absolute atomic E-state index is 0.188. The van der Waals surface area contributed by atoms with Crippen LogP contribution in [0.3, 0.4) is 0 Å². The Bertz CT molecular complexity index is 550. The summed E-state index contributed by atoms with van der Waals surface area (Å²) >= 11 is 0. The fourth-order valence-corrected chi connectivity index (χ4v) is 2.32. The lowest BCUT2D eigenvalue weighted by molar-refractivity contribution is 0.211. The van der Waals surface area contributed by atoms with E-state index in [2.05, 4.69) is 23.0 Å².